The van der Waals surface area contributed by atoms with Crippen molar-refractivity contribution < 1.29 is 15.1 Å². The summed E-state index contributed by atoms with van der Waals surface area (Å²) in [5, 5.41) is 28.7. The van der Waals surface area contributed by atoms with E-state index in [0.29, 0.717) is 5.69 Å². The molecule has 0 aliphatic carbocycles. The molecule has 0 spiro atoms. The molecule has 1 aromatic heterocycles. The summed E-state index contributed by atoms with van der Waals surface area (Å²) in [7, 11) is 0. The van der Waals surface area contributed by atoms with E-state index in [0.717, 1.165) is 0 Å². The zero-order valence-electron chi connectivity index (χ0n) is 9.54. The van der Waals surface area contributed by atoms with E-state index in [4.69, 9.17) is 10.2 Å². The molecule has 94 valence electrons. The highest BCUT2D eigenvalue weighted by Crippen LogP contribution is 2.25. The lowest BCUT2D eigenvalue weighted by Gasteiger charge is -2.21. The third-order valence-electron chi connectivity index (χ3n) is 2.23. The van der Waals surface area contributed by atoms with Gasteiger partial charge in [-0.15, -0.1) is 0 Å². The molecule has 0 aliphatic rings. The predicted molar refractivity (Wildman–Crippen MR) is 62.0 cm³/mol. The van der Waals surface area contributed by atoms with Gasteiger partial charge in [-0.05, 0) is 13.0 Å². The van der Waals surface area contributed by atoms with Crippen LogP contribution in [0.25, 0.3) is 0 Å². The topological polar surface area (TPSA) is 99.7 Å². The molecule has 0 aliphatic heterocycles. The summed E-state index contributed by atoms with van der Waals surface area (Å²) in [5.41, 5.74) is 0.518. The van der Waals surface area contributed by atoms with Crippen molar-refractivity contribution in [1.82, 2.24) is 4.98 Å². The highest BCUT2D eigenvalue weighted by atomic mass is 16.6. The molecule has 0 amide bonds. The molecule has 17 heavy (non-hydrogen) atoms. The SMILES string of the molecule is Cc1ccc([N+](=O)[O-])c(N(CCO)CCO)n1. The zero-order chi connectivity index (χ0) is 12.8. The molecule has 0 unspecified atom stereocenters. The number of rotatable bonds is 6. The van der Waals surface area contributed by atoms with E-state index in [1.165, 1.54) is 11.0 Å². The first kappa shape index (κ1) is 13.3. The lowest BCUT2D eigenvalue weighted by molar-refractivity contribution is -0.384. The minimum atomic E-state index is -0.524. The van der Waals surface area contributed by atoms with Gasteiger partial charge >= 0.3 is 5.69 Å². The third-order valence-corrected chi connectivity index (χ3v) is 2.23. The Morgan fingerprint density at radius 2 is 1.94 bits per heavy atom. The van der Waals surface area contributed by atoms with Gasteiger partial charge in [0.2, 0.25) is 5.82 Å². The molecule has 2 N–H and O–H groups in total. The zero-order valence-corrected chi connectivity index (χ0v) is 9.54. The van der Waals surface area contributed by atoms with Gasteiger partial charge < -0.3 is 15.1 Å². The Hall–Kier alpha value is -1.73. The Balaban J connectivity index is 3.14. The minimum Gasteiger partial charge on any atom is -0.395 e. The summed E-state index contributed by atoms with van der Waals surface area (Å²) >= 11 is 0. The van der Waals surface area contributed by atoms with Crippen LogP contribution in [0.4, 0.5) is 11.5 Å². The maximum Gasteiger partial charge on any atom is 0.311 e. The molecule has 1 heterocycles. The molecule has 0 radical (unpaired) electrons. The maximum absolute atomic E-state index is 10.9. The van der Waals surface area contributed by atoms with E-state index in [2.05, 4.69) is 4.98 Å². The van der Waals surface area contributed by atoms with E-state index in [1.807, 2.05) is 0 Å². The Kier molecular flexibility index (Phi) is 4.80. The minimum absolute atomic E-state index is 0.127. The van der Waals surface area contributed by atoms with E-state index in [1.54, 1.807) is 13.0 Å². The van der Waals surface area contributed by atoms with Gasteiger partial charge in [0.15, 0.2) is 0 Å². The van der Waals surface area contributed by atoms with Gasteiger partial charge in [0.25, 0.3) is 0 Å². The van der Waals surface area contributed by atoms with Crippen molar-refractivity contribution in [3.63, 3.8) is 0 Å². The molecular weight excluding hydrogens is 226 g/mol. The number of hydrogen-bond acceptors (Lipinski definition) is 6. The predicted octanol–water partition coefficient (Wildman–Crippen LogP) is 0.0892. The number of pyridine rings is 1. The summed E-state index contributed by atoms with van der Waals surface area (Å²) < 4.78 is 0. The van der Waals surface area contributed by atoms with Crippen LogP contribution >= 0.6 is 0 Å². The first-order valence-corrected chi connectivity index (χ1v) is 5.19. The molecule has 0 fully saturated rings. The number of aliphatic hydroxyl groups excluding tert-OH is 2. The monoisotopic (exact) mass is 241 g/mol. The van der Waals surface area contributed by atoms with Crippen molar-refractivity contribution >= 4 is 11.5 Å². The first-order chi connectivity index (χ1) is 8.10. The number of hydrogen-bond donors (Lipinski definition) is 2. The van der Waals surface area contributed by atoms with Crippen molar-refractivity contribution in [1.29, 1.82) is 0 Å². The van der Waals surface area contributed by atoms with Crippen LogP contribution in [0.1, 0.15) is 5.69 Å². The van der Waals surface area contributed by atoms with Gasteiger partial charge in [-0.3, -0.25) is 10.1 Å². The molecule has 7 heteroatoms. The molecule has 0 atom stereocenters. The fourth-order valence-corrected chi connectivity index (χ4v) is 1.48. The molecule has 1 rings (SSSR count). The molecule has 0 aromatic carbocycles. The number of aliphatic hydroxyl groups is 2. The second kappa shape index (κ2) is 6.12. The van der Waals surface area contributed by atoms with Crippen molar-refractivity contribution in [2.45, 2.75) is 6.92 Å². The smallest absolute Gasteiger partial charge is 0.311 e. The maximum atomic E-state index is 10.9. The fourth-order valence-electron chi connectivity index (χ4n) is 1.48. The van der Waals surface area contributed by atoms with E-state index < -0.39 is 4.92 Å². The van der Waals surface area contributed by atoms with Crippen LogP contribution in [0.5, 0.6) is 0 Å². The molecule has 0 bridgehead atoms. The quantitative estimate of drug-likeness (QED) is 0.541. The van der Waals surface area contributed by atoms with Crippen LogP contribution in [-0.4, -0.2) is 46.4 Å². The average Bonchev–Trinajstić information content (AvgIpc) is 2.28. The Labute approximate surface area is 98.5 Å². The third kappa shape index (κ3) is 3.36. The highest BCUT2D eigenvalue weighted by Gasteiger charge is 2.20. The van der Waals surface area contributed by atoms with Gasteiger partial charge in [0, 0.05) is 24.8 Å². The number of nitro groups is 1. The van der Waals surface area contributed by atoms with Crippen LogP contribution in [0, 0.1) is 17.0 Å². The van der Waals surface area contributed by atoms with Gasteiger partial charge in [-0.1, -0.05) is 0 Å². The number of nitrogens with zero attached hydrogens (tertiary/aromatic N) is 3. The second-order valence-corrected chi connectivity index (χ2v) is 3.49. The number of aromatic nitrogens is 1. The summed E-state index contributed by atoms with van der Waals surface area (Å²) in [6.07, 6.45) is 0. The standard InChI is InChI=1S/C10H15N3O4/c1-8-2-3-9(13(16)17)10(11-8)12(4-6-14)5-7-15/h2-3,14-15H,4-7H2,1H3. The lowest BCUT2D eigenvalue weighted by Crippen LogP contribution is -2.31. The van der Waals surface area contributed by atoms with Crippen molar-refractivity contribution in [2.75, 3.05) is 31.2 Å². The van der Waals surface area contributed by atoms with Gasteiger partial charge in [0.05, 0.1) is 18.1 Å². The lowest BCUT2D eigenvalue weighted by atomic mass is 10.3. The van der Waals surface area contributed by atoms with Crippen LogP contribution < -0.4 is 4.90 Å². The highest BCUT2D eigenvalue weighted by molar-refractivity contribution is 5.58. The number of aryl methyl sites for hydroxylation is 1. The molecule has 0 saturated heterocycles. The average molecular weight is 241 g/mol. The van der Waals surface area contributed by atoms with Gasteiger partial charge in [0.1, 0.15) is 0 Å². The Bertz CT molecular complexity index is 391. The van der Waals surface area contributed by atoms with E-state index >= 15 is 0 Å². The number of anilines is 1. The van der Waals surface area contributed by atoms with Crippen LogP contribution in [0.3, 0.4) is 0 Å². The van der Waals surface area contributed by atoms with Crippen molar-refractivity contribution in [2.24, 2.45) is 0 Å². The summed E-state index contributed by atoms with van der Waals surface area (Å²) in [4.78, 5) is 15.9. The first-order valence-electron chi connectivity index (χ1n) is 5.19. The Morgan fingerprint density at radius 1 is 1.35 bits per heavy atom. The van der Waals surface area contributed by atoms with Gasteiger partial charge in [-0.2, -0.15) is 0 Å². The largest absolute Gasteiger partial charge is 0.395 e. The van der Waals surface area contributed by atoms with Crippen LogP contribution in [-0.2, 0) is 0 Å². The normalized spacial score (nSPS) is 10.3. The molecular formula is C10H15N3O4. The van der Waals surface area contributed by atoms with Crippen molar-refractivity contribution in [3.05, 3.63) is 27.9 Å². The Morgan fingerprint density at radius 3 is 2.41 bits per heavy atom. The van der Waals surface area contributed by atoms with E-state index in [-0.39, 0.29) is 37.8 Å². The van der Waals surface area contributed by atoms with Gasteiger partial charge in [-0.25, -0.2) is 4.98 Å². The molecule has 1 aromatic rings. The summed E-state index contributed by atoms with van der Waals surface area (Å²) in [5.74, 6) is 0.179. The van der Waals surface area contributed by atoms with Crippen molar-refractivity contribution in [3.8, 4) is 0 Å². The molecule has 7 nitrogen and oxygen atoms in total. The summed E-state index contributed by atoms with van der Waals surface area (Å²) in [6, 6.07) is 2.93. The van der Waals surface area contributed by atoms with Crippen LogP contribution in [0.15, 0.2) is 12.1 Å². The summed E-state index contributed by atoms with van der Waals surface area (Å²) in [6.45, 7) is 1.79. The van der Waals surface area contributed by atoms with Crippen LogP contribution in [0.2, 0.25) is 0 Å². The van der Waals surface area contributed by atoms with E-state index in [9.17, 15) is 10.1 Å². The fraction of sp³-hybridized carbons (Fsp3) is 0.500. The molecule has 0 saturated carbocycles. The second-order valence-electron chi connectivity index (χ2n) is 3.49.